The summed E-state index contributed by atoms with van der Waals surface area (Å²) in [7, 11) is 0. The fraction of sp³-hybridized carbons (Fsp3) is 0.333. The summed E-state index contributed by atoms with van der Waals surface area (Å²) in [5.74, 6) is -0.900. The number of esters is 1. The predicted molar refractivity (Wildman–Crippen MR) is 111 cm³/mol. The van der Waals surface area contributed by atoms with Crippen LogP contribution < -0.4 is 10.2 Å². The number of amides is 1. The lowest BCUT2D eigenvalue weighted by Crippen LogP contribution is -2.37. The van der Waals surface area contributed by atoms with Gasteiger partial charge < -0.3 is 19.7 Å². The van der Waals surface area contributed by atoms with Crippen molar-refractivity contribution in [2.24, 2.45) is 0 Å². The zero-order chi connectivity index (χ0) is 21.7. The molecule has 9 heteroatoms. The van der Waals surface area contributed by atoms with E-state index < -0.39 is 16.8 Å². The van der Waals surface area contributed by atoms with E-state index in [1.54, 1.807) is 32.0 Å². The van der Waals surface area contributed by atoms with Gasteiger partial charge in [0.15, 0.2) is 0 Å². The lowest BCUT2D eigenvalue weighted by Gasteiger charge is -2.30. The van der Waals surface area contributed by atoms with Crippen molar-refractivity contribution in [3.8, 4) is 0 Å². The van der Waals surface area contributed by atoms with Crippen molar-refractivity contribution in [3.63, 3.8) is 0 Å². The number of nitrogens with one attached hydrogen (secondary N) is 1. The zero-order valence-corrected chi connectivity index (χ0v) is 16.8. The molecule has 1 amide bonds. The standard InChI is InChI=1S/C21H23N3O6/c1-3-30-21(26)17-13-16(5-7-19(17)23-8-10-29-11-9-23)22-20(25)15-4-6-18(24(27)28)14(2)12-15/h4-7,12-13H,3,8-11H2,1-2H3,(H,22,25). The van der Waals surface area contributed by atoms with E-state index in [0.717, 1.165) is 5.69 Å². The molecule has 0 radical (unpaired) electrons. The first-order chi connectivity index (χ1) is 14.4. The first-order valence-electron chi connectivity index (χ1n) is 9.61. The summed E-state index contributed by atoms with van der Waals surface area (Å²) < 4.78 is 10.6. The van der Waals surface area contributed by atoms with Gasteiger partial charge in [0, 0.05) is 36.0 Å². The van der Waals surface area contributed by atoms with Crippen LogP contribution >= 0.6 is 0 Å². The highest BCUT2D eigenvalue weighted by atomic mass is 16.6. The molecule has 1 aliphatic rings. The monoisotopic (exact) mass is 413 g/mol. The van der Waals surface area contributed by atoms with Gasteiger partial charge >= 0.3 is 5.97 Å². The van der Waals surface area contributed by atoms with E-state index in [1.165, 1.54) is 18.2 Å². The van der Waals surface area contributed by atoms with Gasteiger partial charge in [-0.15, -0.1) is 0 Å². The Morgan fingerprint density at radius 2 is 1.93 bits per heavy atom. The van der Waals surface area contributed by atoms with Crippen molar-refractivity contribution in [2.45, 2.75) is 13.8 Å². The van der Waals surface area contributed by atoms with Crippen LogP contribution in [0.5, 0.6) is 0 Å². The number of hydrogen-bond acceptors (Lipinski definition) is 7. The average molecular weight is 413 g/mol. The van der Waals surface area contributed by atoms with Crippen molar-refractivity contribution in [1.29, 1.82) is 0 Å². The van der Waals surface area contributed by atoms with Gasteiger partial charge in [-0.05, 0) is 44.2 Å². The Kier molecular flexibility index (Phi) is 6.63. The molecule has 1 aliphatic heterocycles. The summed E-state index contributed by atoms with van der Waals surface area (Å²) in [6, 6.07) is 9.23. The fourth-order valence-corrected chi connectivity index (χ4v) is 3.27. The van der Waals surface area contributed by atoms with Gasteiger partial charge in [-0.1, -0.05) is 0 Å². The number of anilines is 2. The second-order valence-corrected chi connectivity index (χ2v) is 6.76. The molecular weight excluding hydrogens is 390 g/mol. The fourth-order valence-electron chi connectivity index (χ4n) is 3.27. The van der Waals surface area contributed by atoms with Gasteiger partial charge in [-0.3, -0.25) is 14.9 Å². The molecular formula is C21H23N3O6. The normalized spacial score (nSPS) is 13.6. The molecule has 30 heavy (non-hydrogen) atoms. The molecule has 0 atom stereocenters. The van der Waals surface area contributed by atoms with Gasteiger partial charge in [0.05, 0.1) is 36.0 Å². The van der Waals surface area contributed by atoms with E-state index in [4.69, 9.17) is 9.47 Å². The Hall–Kier alpha value is -3.46. The quantitative estimate of drug-likeness (QED) is 0.440. The number of ether oxygens (including phenoxy) is 2. The summed E-state index contributed by atoms with van der Waals surface area (Å²) in [4.78, 5) is 37.6. The summed E-state index contributed by atoms with van der Waals surface area (Å²) >= 11 is 0. The van der Waals surface area contributed by atoms with Crippen molar-refractivity contribution in [2.75, 3.05) is 43.1 Å². The molecule has 9 nitrogen and oxygen atoms in total. The van der Waals surface area contributed by atoms with Crippen molar-refractivity contribution in [3.05, 3.63) is 63.2 Å². The van der Waals surface area contributed by atoms with E-state index in [9.17, 15) is 19.7 Å². The number of hydrogen-bond donors (Lipinski definition) is 1. The SMILES string of the molecule is CCOC(=O)c1cc(NC(=O)c2ccc([N+](=O)[O-])c(C)c2)ccc1N1CCOCC1. The second kappa shape index (κ2) is 9.36. The molecule has 1 fully saturated rings. The van der Waals surface area contributed by atoms with E-state index in [1.807, 2.05) is 4.90 Å². The third kappa shape index (κ3) is 4.74. The lowest BCUT2D eigenvalue weighted by molar-refractivity contribution is -0.385. The first-order valence-corrected chi connectivity index (χ1v) is 9.61. The summed E-state index contributed by atoms with van der Waals surface area (Å²) in [6.45, 7) is 5.99. The molecule has 0 bridgehead atoms. The molecule has 0 spiro atoms. The van der Waals surface area contributed by atoms with Crippen LogP contribution in [0.2, 0.25) is 0 Å². The Morgan fingerprint density at radius 3 is 2.57 bits per heavy atom. The van der Waals surface area contributed by atoms with E-state index in [-0.39, 0.29) is 17.9 Å². The maximum atomic E-state index is 12.6. The molecule has 2 aromatic carbocycles. The molecule has 1 heterocycles. The van der Waals surface area contributed by atoms with Crippen LogP contribution in [-0.4, -0.2) is 49.7 Å². The molecule has 2 aromatic rings. The predicted octanol–water partition coefficient (Wildman–Crippen LogP) is 3.17. The molecule has 3 rings (SSSR count). The molecule has 0 unspecified atom stereocenters. The summed E-state index contributed by atoms with van der Waals surface area (Å²) in [5.41, 5.74) is 2.13. The van der Waals surface area contributed by atoms with E-state index >= 15 is 0 Å². The van der Waals surface area contributed by atoms with Crippen molar-refractivity contribution >= 4 is 28.9 Å². The van der Waals surface area contributed by atoms with Crippen LogP contribution in [0.1, 0.15) is 33.2 Å². The Labute approximate surface area is 173 Å². The van der Waals surface area contributed by atoms with E-state index in [2.05, 4.69) is 5.32 Å². The van der Waals surface area contributed by atoms with Crippen LogP contribution in [0.25, 0.3) is 0 Å². The number of rotatable bonds is 6. The van der Waals surface area contributed by atoms with Crippen molar-refractivity contribution in [1.82, 2.24) is 0 Å². The molecule has 158 valence electrons. The number of nitro groups is 1. The Morgan fingerprint density at radius 1 is 1.20 bits per heavy atom. The number of benzene rings is 2. The Bertz CT molecular complexity index is 969. The highest BCUT2D eigenvalue weighted by molar-refractivity contribution is 6.06. The maximum Gasteiger partial charge on any atom is 0.340 e. The van der Waals surface area contributed by atoms with Gasteiger partial charge in [-0.2, -0.15) is 0 Å². The number of carbonyl (C=O) groups is 2. The summed E-state index contributed by atoms with van der Waals surface area (Å²) in [5, 5.41) is 13.7. The number of aryl methyl sites for hydroxylation is 1. The lowest BCUT2D eigenvalue weighted by atomic mass is 10.1. The van der Waals surface area contributed by atoms with E-state index in [0.29, 0.717) is 43.1 Å². The molecule has 0 aromatic heterocycles. The minimum Gasteiger partial charge on any atom is -0.462 e. The molecule has 0 aliphatic carbocycles. The van der Waals surface area contributed by atoms with Gasteiger partial charge in [-0.25, -0.2) is 4.79 Å². The van der Waals surface area contributed by atoms with Gasteiger partial charge in [0.25, 0.3) is 11.6 Å². The van der Waals surface area contributed by atoms with Crippen LogP contribution in [0.15, 0.2) is 36.4 Å². The number of morpholine rings is 1. The minimum atomic E-state index is -0.493. The van der Waals surface area contributed by atoms with Crippen molar-refractivity contribution < 1.29 is 24.0 Å². The highest BCUT2D eigenvalue weighted by Gasteiger charge is 2.21. The summed E-state index contributed by atoms with van der Waals surface area (Å²) in [6.07, 6.45) is 0. The third-order valence-corrected chi connectivity index (χ3v) is 4.76. The second-order valence-electron chi connectivity index (χ2n) is 6.76. The molecule has 1 saturated heterocycles. The number of carbonyl (C=O) groups excluding carboxylic acids is 2. The van der Waals surface area contributed by atoms with Crippen LogP contribution in [0.3, 0.4) is 0 Å². The topological polar surface area (TPSA) is 111 Å². The smallest absolute Gasteiger partial charge is 0.340 e. The zero-order valence-electron chi connectivity index (χ0n) is 16.8. The minimum absolute atomic E-state index is 0.0500. The largest absolute Gasteiger partial charge is 0.462 e. The van der Waals surface area contributed by atoms with Gasteiger partial charge in [0.2, 0.25) is 0 Å². The molecule has 0 saturated carbocycles. The first kappa shape index (κ1) is 21.3. The number of nitrogens with zero attached hydrogens (tertiary/aromatic N) is 2. The highest BCUT2D eigenvalue weighted by Crippen LogP contribution is 2.27. The van der Waals surface area contributed by atoms with Gasteiger partial charge in [0.1, 0.15) is 0 Å². The van der Waals surface area contributed by atoms with Crippen LogP contribution in [0.4, 0.5) is 17.1 Å². The average Bonchev–Trinajstić information content (AvgIpc) is 2.74. The maximum absolute atomic E-state index is 12.6. The molecule has 1 N–H and O–H groups in total. The number of nitro benzene ring substituents is 1. The Balaban J connectivity index is 1.86. The third-order valence-electron chi connectivity index (χ3n) is 4.76. The van der Waals surface area contributed by atoms with Crippen LogP contribution in [0, 0.1) is 17.0 Å². The van der Waals surface area contributed by atoms with Crippen LogP contribution in [-0.2, 0) is 9.47 Å².